The third kappa shape index (κ3) is 4.73. The molecule has 0 fully saturated rings. The second kappa shape index (κ2) is 9.41. The first-order valence-electron chi connectivity index (χ1n) is 10.5. The highest BCUT2D eigenvalue weighted by Gasteiger charge is 2.29. The number of carboxylic acid groups (broad SMARTS) is 1. The maximum atomic E-state index is 12.5. The summed E-state index contributed by atoms with van der Waals surface area (Å²) in [6.45, 7) is 3.31. The van der Waals surface area contributed by atoms with E-state index in [1.165, 1.54) is 23.6 Å². The number of hydrogen-bond donors (Lipinski definition) is 3. The smallest absolute Gasteiger partial charge is 0.407 e. The maximum Gasteiger partial charge on any atom is 0.407 e. The fourth-order valence-corrected chi connectivity index (χ4v) is 4.61. The lowest BCUT2D eigenvalue weighted by Gasteiger charge is -2.16. The summed E-state index contributed by atoms with van der Waals surface area (Å²) in [5.41, 5.74) is 4.67. The van der Waals surface area contributed by atoms with Gasteiger partial charge in [-0.2, -0.15) is 0 Å². The molecule has 3 N–H and O–H groups in total. The van der Waals surface area contributed by atoms with Crippen LogP contribution in [-0.2, 0) is 9.53 Å². The van der Waals surface area contributed by atoms with E-state index in [9.17, 15) is 14.4 Å². The summed E-state index contributed by atoms with van der Waals surface area (Å²) in [6.07, 6.45) is -0.579. The average Bonchev–Trinajstić information content (AvgIpc) is 3.41. The van der Waals surface area contributed by atoms with E-state index in [0.717, 1.165) is 22.3 Å². The van der Waals surface area contributed by atoms with Crippen LogP contribution in [0.2, 0.25) is 0 Å². The van der Waals surface area contributed by atoms with E-state index < -0.39 is 30.1 Å². The number of carbonyl (C=O) groups excluding carboxylic acids is 2. The molecule has 0 bridgehead atoms. The first-order valence-corrected chi connectivity index (χ1v) is 11.3. The van der Waals surface area contributed by atoms with Crippen LogP contribution in [0, 0.1) is 0 Å². The van der Waals surface area contributed by atoms with Crippen LogP contribution in [-0.4, -0.2) is 40.7 Å². The lowest BCUT2D eigenvalue weighted by atomic mass is 9.98. The molecular weight excluding hydrogens is 442 g/mol. The molecule has 9 heteroatoms. The highest BCUT2D eigenvalue weighted by atomic mass is 32.1. The summed E-state index contributed by atoms with van der Waals surface area (Å²) in [4.78, 5) is 39.7. The molecule has 33 heavy (non-hydrogen) atoms. The molecular formula is C24H23N3O5S. The number of nitrogens with zero attached hydrogens (tertiary/aromatic N) is 1. The minimum atomic E-state index is -1.14. The Balaban J connectivity index is 1.36. The van der Waals surface area contributed by atoms with Gasteiger partial charge in [0.05, 0.1) is 6.04 Å². The number of alkyl carbamates (subject to hydrolysis) is 1. The topological polar surface area (TPSA) is 118 Å². The molecule has 1 heterocycles. The van der Waals surface area contributed by atoms with Crippen LogP contribution in [0.15, 0.2) is 53.9 Å². The molecule has 0 spiro atoms. The van der Waals surface area contributed by atoms with Gasteiger partial charge in [-0.1, -0.05) is 48.5 Å². The van der Waals surface area contributed by atoms with Gasteiger partial charge >= 0.3 is 12.1 Å². The van der Waals surface area contributed by atoms with Gasteiger partial charge in [-0.25, -0.2) is 9.78 Å². The molecule has 8 nitrogen and oxygen atoms in total. The van der Waals surface area contributed by atoms with Gasteiger partial charge in [-0.15, -0.1) is 11.3 Å². The average molecular weight is 466 g/mol. The molecule has 1 aromatic heterocycles. The van der Waals surface area contributed by atoms with Crippen LogP contribution in [0.25, 0.3) is 11.1 Å². The van der Waals surface area contributed by atoms with Gasteiger partial charge in [0, 0.05) is 11.3 Å². The van der Waals surface area contributed by atoms with Crippen LogP contribution >= 0.6 is 11.3 Å². The van der Waals surface area contributed by atoms with E-state index in [2.05, 4.69) is 39.9 Å². The van der Waals surface area contributed by atoms with Gasteiger partial charge in [0.2, 0.25) is 0 Å². The van der Waals surface area contributed by atoms with Gasteiger partial charge in [0.1, 0.15) is 23.4 Å². The van der Waals surface area contributed by atoms with Crippen molar-refractivity contribution in [2.24, 2.45) is 0 Å². The number of rotatable bonds is 7. The normalized spacial score (nSPS) is 14.0. The van der Waals surface area contributed by atoms with E-state index in [0.29, 0.717) is 5.01 Å². The number of aliphatic carboxylic acids is 1. The van der Waals surface area contributed by atoms with Gasteiger partial charge < -0.3 is 20.5 Å². The number of amides is 2. The third-order valence-electron chi connectivity index (χ3n) is 5.52. The number of ether oxygens (including phenoxy) is 1. The fraction of sp³-hybridized carbons (Fsp3) is 0.250. The van der Waals surface area contributed by atoms with Gasteiger partial charge in [0.25, 0.3) is 5.91 Å². The largest absolute Gasteiger partial charge is 0.480 e. The highest BCUT2D eigenvalue weighted by Crippen LogP contribution is 2.44. The minimum Gasteiger partial charge on any atom is -0.480 e. The predicted molar refractivity (Wildman–Crippen MR) is 123 cm³/mol. The van der Waals surface area contributed by atoms with Crippen molar-refractivity contribution < 1.29 is 24.2 Å². The Labute approximate surface area is 194 Å². The quantitative estimate of drug-likeness (QED) is 0.486. The van der Waals surface area contributed by atoms with Gasteiger partial charge in [-0.3, -0.25) is 9.59 Å². The molecule has 1 aliphatic rings. The molecule has 3 aromatic rings. The second-order valence-corrected chi connectivity index (χ2v) is 8.69. The van der Waals surface area contributed by atoms with Crippen LogP contribution < -0.4 is 10.6 Å². The second-order valence-electron chi connectivity index (χ2n) is 7.80. The van der Waals surface area contributed by atoms with Crippen molar-refractivity contribution >= 4 is 29.3 Å². The summed E-state index contributed by atoms with van der Waals surface area (Å²) in [5, 5.41) is 16.0. The SMILES string of the molecule is CC(NC(=O)c1csc(C(C)NC(=O)OCC2c3ccccc3-c3ccccc32)n1)C(=O)O. The number of carboxylic acids is 1. The molecule has 0 saturated heterocycles. The number of fused-ring (bicyclic) bond motifs is 3. The van der Waals surface area contributed by atoms with Crippen LogP contribution in [0.3, 0.4) is 0 Å². The molecule has 0 saturated carbocycles. The molecule has 0 aliphatic heterocycles. The van der Waals surface area contributed by atoms with Crippen molar-refractivity contribution in [2.75, 3.05) is 6.61 Å². The Morgan fingerprint density at radius 1 is 1.03 bits per heavy atom. The zero-order valence-electron chi connectivity index (χ0n) is 18.1. The van der Waals surface area contributed by atoms with E-state index in [1.807, 2.05) is 24.3 Å². The maximum absolute atomic E-state index is 12.5. The summed E-state index contributed by atoms with van der Waals surface area (Å²) >= 11 is 1.20. The number of aromatic nitrogens is 1. The fourth-order valence-electron chi connectivity index (χ4n) is 3.80. The zero-order valence-corrected chi connectivity index (χ0v) is 18.9. The monoisotopic (exact) mass is 465 g/mol. The molecule has 2 aromatic carbocycles. The molecule has 2 unspecified atom stereocenters. The van der Waals surface area contributed by atoms with Crippen molar-refractivity contribution in [1.29, 1.82) is 0 Å². The Kier molecular flexibility index (Phi) is 6.41. The summed E-state index contributed by atoms with van der Waals surface area (Å²) < 4.78 is 5.55. The Morgan fingerprint density at radius 3 is 2.24 bits per heavy atom. The first-order chi connectivity index (χ1) is 15.8. The van der Waals surface area contributed by atoms with Crippen molar-refractivity contribution in [1.82, 2.24) is 15.6 Å². The Bertz CT molecular complexity index is 1160. The van der Waals surface area contributed by atoms with Crippen molar-refractivity contribution in [3.8, 4) is 11.1 Å². The molecule has 1 aliphatic carbocycles. The van der Waals surface area contributed by atoms with Crippen LogP contribution in [0.4, 0.5) is 4.79 Å². The summed E-state index contributed by atoms with van der Waals surface area (Å²) in [5.74, 6) is -1.75. The number of hydrogen-bond acceptors (Lipinski definition) is 6. The minimum absolute atomic E-state index is 0.0372. The van der Waals surface area contributed by atoms with Gasteiger partial charge in [-0.05, 0) is 36.1 Å². The lowest BCUT2D eigenvalue weighted by Crippen LogP contribution is -2.38. The van der Waals surface area contributed by atoms with E-state index >= 15 is 0 Å². The number of thiazole rings is 1. The van der Waals surface area contributed by atoms with Crippen LogP contribution in [0.5, 0.6) is 0 Å². The third-order valence-corrected chi connectivity index (χ3v) is 6.55. The van der Waals surface area contributed by atoms with Crippen molar-refractivity contribution in [3.05, 3.63) is 75.7 Å². The molecule has 2 amide bonds. The van der Waals surface area contributed by atoms with Gasteiger partial charge in [0.15, 0.2) is 0 Å². The predicted octanol–water partition coefficient (Wildman–Crippen LogP) is 3.95. The molecule has 170 valence electrons. The highest BCUT2D eigenvalue weighted by molar-refractivity contribution is 7.09. The summed E-state index contributed by atoms with van der Waals surface area (Å²) in [7, 11) is 0. The molecule has 4 rings (SSSR count). The standard InChI is InChI=1S/C24H23N3O5S/c1-13(22-27-20(12-33-22)21(28)25-14(2)23(29)30)26-24(31)32-11-19-17-9-5-3-7-15(17)16-8-4-6-10-18(16)19/h3-10,12-14,19H,11H2,1-2H3,(H,25,28)(H,26,31)(H,29,30). The zero-order chi connectivity index (χ0) is 23.5. The summed E-state index contributed by atoms with van der Waals surface area (Å²) in [6, 6.07) is 14.7. The van der Waals surface area contributed by atoms with Crippen LogP contribution in [0.1, 0.15) is 52.4 Å². The van der Waals surface area contributed by atoms with Crippen molar-refractivity contribution in [2.45, 2.75) is 31.8 Å². The number of benzene rings is 2. The Hall–Kier alpha value is -3.72. The lowest BCUT2D eigenvalue weighted by molar-refractivity contribution is -0.138. The molecule has 0 radical (unpaired) electrons. The molecule has 2 atom stereocenters. The number of nitrogens with one attached hydrogen (secondary N) is 2. The van der Waals surface area contributed by atoms with Crippen molar-refractivity contribution in [3.63, 3.8) is 0 Å². The number of carbonyl (C=O) groups is 3. The van der Waals surface area contributed by atoms with E-state index in [-0.39, 0.29) is 18.2 Å². The van der Waals surface area contributed by atoms with E-state index in [4.69, 9.17) is 9.84 Å². The Morgan fingerprint density at radius 2 is 1.64 bits per heavy atom. The first kappa shape index (κ1) is 22.5. The van der Waals surface area contributed by atoms with E-state index in [1.54, 1.807) is 6.92 Å².